The van der Waals surface area contributed by atoms with Crippen LogP contribution in [0, 0.1) is 0 Å². The van der Waals surface area contributed by atoms with Gasteiger partial charge < -0.3 is 5.32 Å². The van der Waals surface area contributed by atoms with Gasteiger partial charge in [-0.2, -0.15) is 5.10 Å². The predicted octanol–water partition coefficient (Wildman–Crippen LogP) is 0.749. The number of nitrogens with one attached hydrogen (secondary N) is 1. The molecule has 1 aliphatic carbocycles. The molecule has 1 saturated heterocycles. The third-order valence-corrected chi connectivity index (χ3v) is 6.14. The summed E-state index contributed by atoms with van der Waals surface area (Å²) < 4.78 is 24.7. The molecule has 1 saturated carbocycles. The van der Waals surface area contributed by atoms with Crippen molar-refractivity contribution in [2.75, 3.05) is 11.5 Å². The lowest BCUT2D eigenvalue weighted by atomic mass is 10.1. The van der Waals surface area contributed by atoms with Crippen LogP contribution in [0.2, 0.25) is 0 Å². The largest absolute Gasteiger partial charge is 0.306 e. The molecule has 1 N–H and O–H groups in total. The number of hydrogen-bond acceptors (Lipinski definition) is 5. The Labute approximate surface area is 119 Å². The lowest BCUT2D eigenvalue weighted by molar-refractivity contribution is 0.527. The fourth-order valence-corrected chi connectivity index (χ4v) is 4.85. The summed E-state index contributed by atoms with van der Waals surface area (Å²) >= 11 is 0. The van der Waals surface area contributed by atoms with Gasteiger partial charge >= 0.3 is 0 Å². The van der Waals surface area contributed by atoms with E-state index in [0.29, 0.717) is 24.6 Å². The molecule has 112 valence electrons. The summed E-state index contributed by atoms with van der Waals surface area (Å²) in [5.41, 5.74) is 0. The second-order valence-corrected chi connectivity index (χ2v) is 8.20. The van der Waals surface area contributed by atoms with Gasteiger partial charge in [-0.1, -0.05) is 12.8 Å². The van der Waals surface area contributed by atoms with Crippen molar-refractivity contribution in [1.29, 1.82) is 0 Å². The van der Waals surface area contributed by atoms with Crippen LogP contribution in [0.25, 0.3) is 0 Å². The number of hydrogen-bond donors (Lipinski definition) is 1. The van der Waals surface area contributed by atoms with Crippen LogP contribution in [0.1, 0.15) is 49.7 Å². The molecule has 0 bridgehead atoms. The molecule has 0 spiro atoms. The molecule has 20 heavy (non-hydrogen) atoms. The zero-order valence-electron chi connectivity index (χ0n) is 11.9. The van der Waals surface area contributed by atoms with Crippen molar-refractivity contribution in [2.24, 2.45) is 7.05 Å². The Morgan fingerprint density at radius 1 is 1.30 bits per heavy atom. The highest BCUT2D eigenvalue weighted by Crippen LogP contribution is 2.32. The summed E-state index contributed by atoms with van der Waals surface area (Å²) in [7, 11) is -0.913. The highest BCUT2D eigenvalue weighted by molar-refractivity contribution is 7.91. The number of aromatic nitrogens is 3. The molecule has 1 aromatic rings. The van der Waals surface area contributed by atoms with Crippen molar-refractivity contribution in [3.05, 3.63) is 11.6 Å². The van der Waals surface area contributed by atoms with Crippen LogP contribution >= 0.6 is 0 Å². The minimum absolute atomic E-state index is 0.0617. The first-order valence-electron chi connectivity index (χ1n) is 7.37. The Balaban J connectivity index is 1.60. The fourth-order valence-electron chi connectivity index (χ4n) is 3.14. The van der Waals surface area contributed by atoms with Crippen LogP contribution in [-0.2, 0) is 23.4 Å². The molecule has 1 unspecified atom stereocenters. The van der Waals surface area contributed by atoms with Crippen LogP contribution in [-0.4, -0.2) is 40.7 Å². The van der Waals surface area contributed by atoms with E-state index < -0.39 is 9.84 Å². The molecule has 2 aliphatic rings. The Kier molecular flexibility index (Phi) is 3.81. The first-order valence-corrected chi connectivity index (χ1v) is 9.19. The normalized spacial score (nSPS) is 26.4. The number of nitrogens with zero attached hydrogens (tertiary/aromatic N) is 3. The lowest BCUT2D eigenvalue weighted by Crippen LogP contribution is -2.30. The van der Waals surface area contributed by atoms with E-state index in [1.807, 2.05) is 11.7 Å². The van der Waals surface area contributed by atoms with Crippen molar-refractivity contribution in [3.8, 4) is 0 Å². The fraction of sp³-hybridized carbons (Fsp3) is 0.846. The van der Waals surface area contributed by atoms with Gasteiger partial charge in [-0.05, 0) is 19.3 Å². The molecule has 7 heteroatoms. The zero-order chi connectivity index (χ0) is 14.2. The first kappa shape index (κ1) is 14.0. The van der Waals surface area contributed by atoms with Crippen molar-refractivity contribution in [1.82, 2.24) is 20.1 Å². The van der Waals surface area contributed by atoms with Crippen molar-refractivity contribution in [2.45, 2.75) is 50.6 Å². The summed E-state index contributed by atoms with van der Waals surface area (Å²) in [6.45, 7) is 0.594. The monoisotopic (exact) mass is 298 g/mol. The molecular weight excluding hydrogens is 276 g/mol. The van der Waals surface area contributed by atoms with Gasteiger partial charge in [0.2, 0.25) is 0 Å². The molecule has 2 heterocycles. The van der Waals surface area contributed by atoms with E-state index in [4.69, 9.17) is 0 Å². The molecule has 0 amide bonds. The molecule has 1 aliphatic heterocycles. The third kappa shape index (κ3) is 3.03. The van der Waals surface area contributed by atoms with E-state index >= 15 is 0 Å². The second-order valence-electron chi connectivity index (χ2n) is 5.97. The summed E-state index contributed by atoms with van der Waals surface area (Å²) in [6.07, 6.45) is 5.64. The Bertz CT molecular complexity index is 575. The van der Waals surface area contributed by atoms with Crippen molar-refractivity contribution in [3.63, 3.8) is 0 Å². The van der Waals surface area contributed by atoms with Gasteiger partial charge in [0.25, 0.3) is 0 Å². The van der Waals surface area contributed by atoms with E-state index in [-0.39, 0.29) is 11.8 Å². The zero-order valence-corrected chi connectivity index (χ0v) is 12.7. The van der Waals surface area contributed by atoms with Gasteiger partial charge in [0.1, 0.15) is 5.82 Å². The van der Waals surface area contributed by atoms with Crippen LogP contribution in [0.5, 0.6) is 0 Å². The van der Waals surface area contributed by atoms with E-state index in [0.717, 1.165) is 11.6 Å². The average Bonchev–Trinajstić information content (AvgIpc) is 3.07. The molecule has 0 radical (unpaired) electrons. The summed E-state index contributed by atoms with van der Waals surface area (Å²) in [5.74, 6) is 2.93. The van der Waals surface area contributed by atoms with E-state index in [2.05, 4.69) is 15.4 Å². The van der Waals surface area contributed by atoms with Gasteiger partial charge in [0.15, 0.2) is 15.7 Å². The summed E-state index contributed by atoms with van der Waals surface area (Å²) in [6, 6.07) is 0.0617. The standard InChI is InChI=1S/C13H22N4O2S/c1-17-12(8-14-11-6-7-20(18,19)9-11)15-13(16-17)10-4-2-3-5-10/h10-11,14H,2-9H2,1H3. The lowest BCUT2D eigenvalue weighted by Gasteiger charge is -2.09. The molecule has 6 nitrogen and oxygen atoms in total. The van der Waals surface area contributed by atoms with Gasteiger partial charge in [-0.15, -0.1) is 0 Å². The Morgan fingerprint density at radius 2 is 2.05 bits per heavy atom. The van der Waals surface area contributed by atoms with Gasteiger partial charge in [-0.25, -0.2) is 13.4 Å². The molecule has 3 rings (SSSR count). The minimum atomic E-state index is -2.82. The van der Waals surface area contributed by atoms with Crippen molar-refractivity contribution >= 4 is 9.84 Å². The maximum absolute atomic E-state index is 11.4. The Morgan fingerprint density at radius 3 is 2.70 bits per heavy atom. The SMILES string of the molecule is Cn1nc(C2CCCC2)nc1CNC1CCS(=O)(=O)C1. The van der Waals surface area contributed by atoms with E-state index in [1.54, 1.807) is 0 Å². The number of aryl methyl sites for hydroxylation is 1. The predicted molar refractivity (Wildman–Crippen MR) is 76.1 cm³/mol. The van der Waals surface area contributed by atoms with E-state index in [1.165, 1.54) is 25.7 Å². The maximum atomic E-state index is 11.4. The number of sulfone groups is 1. The second kappa shape index (κ2) is 5.44. The highest BCUT2D eigenvalue weighted by atomic mass is 32.2. The number of rotatable bonds is 4. The average molecular weight is 298 g/mol. The molecule has 1 atom stereocenters. The molecular formula is C13H22N4O2S. The van der Waals surface area contributed by atoms with Gasteiger partial charge in [0, 0.05) is 19.0 Å². The topological polar surface area (TPSA) is 76.9 Å². The van der Waals surface area contributed by atoms with Crippen LogP contribution < -0.4 is 5.32 Å². The quantitative estimate of drug-likeness (QED) is 0.887. The van der Waals surface area contributed by atoms with Gasteiger partial charge in [-0.3, -0.25) is 4.68 Å². The van der Waals surface area contributed by atoms with E-state index in [9.17, 15) is 8.42 Å². The van der Waals surface area contributed by atoms with Crippen LogP contribution in [0.4, 0.5) is 0 Å². The van der Waals surface area contributed by atoms with Crippen LogP contribution in [0.3, 0.4) is 0 Å². The third-order valence-electron chi connectivity index (χ3n) is 4.37. The van der Waals surface area contributed by atoms with Gasteiger partial charge in [0.05, 0.1) is 18.1 Å². The van der Waals surface area contributed by atoms with Crippen molar-refractivity contribution < 1.29 is 8.42 Å². The maximum Gasteiger partial charge on any atom is 0.154 e. The molecule has 0 aromatic carbocycles. The molecule has 1 aromatic heterocycles. The molecule has 2 fully saturated rings. The summed E-state index contributed by atoms with van der Waals surface area (Å²) in [4.78, 5) is 4.63. The Hall–Kier alpha value is -0.950. The minimum Gasteiger partial charge on any atom is -0.306 e. The summed E-state index contributed by atoms with van der Waals surface area (Å²) in [5, 5.41) is 7.81. The van der Waals surface area contributed by atoms with Crippen LogP contribution in [0.15, 0.2) is 0 Å². The highest BCUT2D eigenvalue weighted by Gasteiger charge is 2.28. The smallest absolute Gasteiger partial charge is 0.154 e. The first-order chi connectivity index (χ1) is 9.53.